The molecule has 0 atom stereocenters. The van der Waals surface area contributed by atoms with E-state index >= 15 is 0 Å². The summed E-state index contributed by atoms with van der Waals surface area (Å²) in [5.74, 6) is -0.672. The minimum atomic E-state index is -0.344. The van der Waals surface area contributed by atoms with Crippen molar-refractivity contribution in [2.24, 2.45) is 0 Å². The first-order chi connectivity index (χ1) is 12.5. The number of carbonyl (C=O) groups is 2. The summed E-state index contributed by atoms with van der Waals surface area (Å²) in [6.07, 6.45) is 1.95. The molecule has 0 aromatic heterocycles. The Kier molecular flexibility index (Phi) is 7.09. The quantitative estimate of drug-likeness (QED) is 0.601. The molecule has 0 heterocycles. The van der Waals surface area contributed by atoms with Crippen molar-refractivity contribution in [1.29, 1.82) is 0 Å². The number of carbonyl (C=O) groups excluding carboxylic acids is 2. The lowest BCUT2D eigenvalue weighted by molar-refractivity contribution is 0.0846. The lowest BCUT2D eigenvalue weighted by Crippen LogP contribution is -2.41. The van der Waals surface area contributed by atoms with Gasteiger partial charge in [0.2, 0.25) is 0 Å². The van der Waals surface area contributed by atoms with Crippen molar-refractivity contribution in [2.45, 2.75) is 25.7 Å². The molecule has 0 fully saturated rings. The van der Waals surface area contributed by atoms with E-state index in [0.29, 0.717) is 11.1 Å². The van der Waals surface area contributed by atoms with Crippen molar-refractivity contribution in [3.8, 4) is 0 Å². The molecule has 2 rings (SSSR count). The first-order valence-electron chi connectivity index (χ1n) is 8.60. The molecular formula is C20H25N3O2S. The van der Waals surface area contributed by atoms with Gasteiger partial charge >= 0.3 is 0 Å². The number of hydrogen-bond donors (Lipinski definition) is 2. The number of benzene rings is 2. The number of rotatable bonds is 6. The molecule has 2 N–H and O–H groups in total. The summed E-state index contributed by atoms with van der Waals surface area (Å²) in [6.45, 7) is 7.87. The van der Waals surface area contributed by atoms with Crippen molar-refractivity contribution in [3.05, 3.63) is 59.2 Å². The van der Waals surface area contributed by atoms with Gasteiger partial charge in [0.15, 0.2) is 0 Å². The van der Waals surface area contributed by atoms with E-state index in [4.69, 9.17) is 0 Å². The van der Waals surface area contributed by atoms with Gasteiger partial charge in [0.25, 0.3) is 11.8 Å². The van der Waals surface area contributed by atoms with Crippen LogP contribution in [0.25, 0.3) is 0 Å². The van der Waals surface area contributed by atoms with Crippen LogP contribution in [0.3, 0.4) is 0 Å². The van der Waals surface area contributed by atoms with Gasteiger partial charge in [0, 0.05) is 34.8 Å². The highest BCUT2D eigenvalue weighted by molar-refractivity contribution is 7.98. The number of hydrogen-bond acceptors (Lipinski definition) is 4. The first-order valence-corrected chi connectivity index (χ1v) is 9.83. The first kappa shape index (κ1) is 19.8. The monoisotopic (exact) mass is 371 g/mol. The molecule has 2 aromatic rings. The van der Waals surface area contributed by atoms with E-state index in [9.17, 15) is 9.59 Å². The van der Waals surface area contributed by atoms with Crippen molar-refractivity contribution >= 4 is 29.3 Å². The SMILES string of the molecule is CCN(CC)c1ccc(C(=O)NNC(=O)c2cc(SC)ccc2C)cc1. The van der Waals surface area contributed by atoms with E-state index in [-0.39, 0.29) is 11.8 Å². The number of aryl methyl sites for hydroxylation is 1. The standard InChI is InChI=1S/C20H25N3O2S/c1-5-23(6-2)16-10-8-15(9-11-16)19(24)21-22-20(25)18-13-17(26-4)12-7-14(18)3/h7-13H,5-6H2,1-4H3,(H,21,24)(H,22,25). The van der Waals surface area contributed by atoms with Crippen molar-refractivity contribution in [2.75, 3.05) is 24.2 Å². The van der Waals surface area contributed by atoms with Crippen molar-refractivity contribution in [1.82, 2.24) is 10.9 Å². The zero-order chi connectivity index (χ0) is 19.1. The van der Waals surface area contributed by atoms with Crippen molar-refractivity contribution in [3.63, 3.8) is 0 Å². The Morgan fingerprint density at radius 3 is 2.15 bits per heavy atom. The molecule has 0 saturated carbocycles. The highest BCUT2D eigenvalue weighted by Crippen LogP contribution is 2.19. The van der Waals surface area contributed by atoms with E-state index < -0.39 is 0 Å². The smallest absolute Gasteiger partial charge is 0.270 e. The zero-order valence-electron chi connectivity index (χ0n) is 15.6. The Morgan fingerprint density at radius 2 is 1.58 bits per heavy atom. The van der Waals surface area contributed by atoms with Crippen LogP contribution < -0.4 is 15.8 Å². The van der Waals surface area contributed by atoms with E-state index in [0.717, 1.165) is 29.2 Å². The minimum absolute atomic E-state index is 0.327. The van der Waals surface area contributed by atoms with Crippen LogP contribution in [0, 0.1) is 6.92 Å². The number of anilines is 1. The summed E-state index contributed by atoms with van der Waals surface area (Å²) >= 11 is 1.57. The maximum atomic E-state index is 12.3. The van der Waals surface area contributed by atoms with Gasteiger partial charge in [-0.3, -0.25) is 20.4 Å². The number of hydrazine groups is 1. The average Bonchev–Trinajstić information content (AvgIpc) is 2.67. The van der Waals surface area contributed by atoms with Crippen LogP contribution >= 0.6 is 11.8 Å². The molecular weight excluding hydrogens is 346 g/mol. The molecule has 0 unspecified atom stereocenters. The van der Waals surface area contributed by atoms with Gasteiger partial charge in [-0.15, -0.1) is 11.8 Å². The molecule has 0 aliphatic heterocycles. The summed E-state index contributed by atoms with van der Waals surface area (Å²) in [5, 5.41) is 0. The maximum absolute atomic E-state index is 12.3. The number of amides is 2. The fourth-order valence-electron chi connectivity index (χ4n) is 2.64. The van der Waals surface area contributed by atoms with Crippen LogP contribution in [0.5, 0.6) is 0 Å². The summed E-state index contributed by atoms with van der Waals surface area (Å²) in [7, 11) is 0. The van der Waals surface area contributed by atoms with Gasteiger partial charge < -0.3 is 4.90 Å². The number of nitrogens with one attached hydrogen (secondary N) is 2. The fraction of sp³-hybridized carbons (Fsp3) is 0.300. The summed E-state index contributed by atoms with van der Waals surface area (Å²) in [5.41, 5.74) is 7.95. The highest BCUT2D eigenvalue weighted by Gasteiger charge is 2.12. The fourth-order valence-corrected chi connectivity index (χ4v) is 3.08. The van der Waals surface area contributed by atoms with E-state index in [1.54, 1.807) is 23.9 Å². The van der Waals surface area contributed by atoms with Crippen LogP contribution in [0.4, 0.5) is 5.69 Å². The molecule has 0 aliphatic rings. The Morgan fingerprint density at radius 1 is 0.962 bits per heavy atom. The summed E-state index contributed by atoms with van der Waals surface area (Å²) < 4.78 is 0. The molecule has 0 radical (unpaired) electrons. The van der Waals surface area contributed by atoms with Gasteiger partial charge in [-0.05, 0) is 69.0 Å². The average molecular weight is 372 g/mol. The summed E-state index contributed by atoms with van der Waals surface area (Å²) in [4.78, 5) is 27.8. The topological polar surface area (TPSA) is 61.4 Å². The molecule has 26 heavy (non-hydrogen) atoms. The number of nitrogens with zero attached hydrogens (tertiary/aromatic N) is 1. The lowest BCUT2D eigenvalue weighted by Gasteiger charge is -2.21. The van der Waals surface area contributed by atoms with E-state index in [1.165, 1.54) is 0 Å². The van der Waals surface area contributed by atoms with Crippen molar-refractivity contribution < 1.29 is 9.59 Å². The molecule has 5 nitrogen and oxygen atoms in total. The molecule has 0 spiro atoms. The molecule has 2 aromatic carbocycles. The van der Waals surface area contributed by atoms with Gasteiger partial charge in [-0.1, -0.05) is 6.07 Å². The van der Waals surface area contributed by atoms with E-state index in [1.807, 2.05) is 43.5 Å². The Labute approximate surface area is 159 Å². The molecule has 0 bridgehead atoms. The van der Waals surface area contributed by atoms with E-state index in [2.05, 4.69) is 29.6 Å². The van der Waals surface area contributed by atoms with Gasteiger partial charge in [0.1, 0.15) is 0 Å². The zero-order valence-corrected chi connectivity index (χ0v) is 16.4. The number of thioether (sulfide) groups is 1. The van der Waals surface area contributed by atoms with Crippen LogP contribution in [0.15, 0.2) is 47.4 Å². The molecule has 0 aliphatic carbocycles. The second-order valence-corrected chi connectivity index (χ2v) is 6.69. The summed E-state index contributed by atoms with van der Waals surface area (Å²) in [6, 6.07) is 13.0. The predicted molar refractivity (Wildman–Crippen MR) is 108 cm³/mol. The molecule has 6 heteroatoms. The highest BCUT2D eigenvalue weighted by atomic mass is 32.2. The third-order valence-corrected chi connectivity index (χ3v) is 4.96. The van der Waals surface area contributed by atoms with Crippen LogP contribution in [0.2, 0.25) is 0 Å². The second-order valence-electron chi connectivity index (χ2n) is 5.81. The van der Waals surface area contributed by atoms with Gasteiger partial charge in [-0.2, -0.15) is 0 Å². The second kappa shape index (κ2) is 9.29. The normalized spacial score (nSPS) is 10.3. The van der Waals surface area contributed by atoms with Crippen LogP contribution in [-0.2, 0) is 0 Å². The van der Waals surface area contributed by atoms with Crippen LogP contribution in [-0.4, -0.2) is 31.2 Å². The van der Waals surface area contributed by atoms with Crippen LogP contribution in [0.1, 0.15) is 40.1 Å². The third-order valence-electron chi connectivity index (χ3n) is 4.24. The minimum Gasteiger partial charge on any atom is -0.372 e. The maximum Gasteiger partial charge on any atom is 0.270 e. The van der Waals surface area contributed by atoms with Gasteiger partial charge in [0.05, 0.1) is 0 Å². The lowest BCUT2D eigenvalue weighted by atomic mass is 10.1. The Bertz CT molecular complexity index is 771. The van der Waals surface area contributed by atoms with Gasteiger partial charge in [-0.25, -0.2) is 0 Å². The third kappa shape index (κ3) is 4.79. The Balaban J connectivity index is 2.01. The largest absolute Gasteiger partial charge is 0.372 e. The Hall–Kier alpha value is -2.47. The molecule has 2 amide bonds. The molecule has 138 valence electrons. The predicted octanol–water partition coefficient (Wildman–Crippen LogP) is 3.64. The molecule has 0 saturated heterocycles.